The smallest absolute Gasteiger partial charge is 0.251 e. The van der Waals surface area contributed by atoms with Gasteiger partial charge in [0, 0.05) is 19.2 Å². The second kappa shape index (κ2) is 4.46. The third kappa shape index (κ3) is 2.32. The van der Waals surface area contributed by atoms with Crippen molar-refractivity contribution in [2.75, 3.05) is 19.5 Å². The van der Waals surface area contributed by atoms with Crippen LogP contribution in [-0.4, -0.2) is 33.8 Å². The normalized spacial score (nSPS) is 14.5. The fourth-order valence-corrected chi connectivity index (χ4v) is 2.93. The monoisotopic (exact) mass is 255 g/mol. The minimum atomic E-state index is -3.33. The van der Waals surface area contributed by atoms with Gasteiger partial charge in [-0.05, 0) is 23.8 Å². The molecule has 0 saturated carbocycles. The Morgan fingerprint density at radius 1 is 1.41 bits per heavy atom. The summed E-state index contributed by atoms with van der Waals surface area (Å²) in [5, 5.41) is 2.65. The first kappa shape index (κ1) is 12.1. The molecule has 92 valence electrons. The summed E-state index contributed by atoms with van der Waals surface area (Å²) in [7, 11) is -1.87. The molecule has 0 aromatic heterocycles. The number of rotatable bonds is 4. The summed E-state index contributed by atoms with van der Waals surface area (Å²) in [4.78, 5) is 11.6. The average Bonchev–Trinajstić information content (AvgIpc) is 2.68. The number of sulfone groups is 1. The van der Waals surface area contributed by atoms with E-state index in [2.05, 4.69) is 5.32 Å². The molecule has 0 unspecified atom stereocenters. The highest BCUT2D eigenvalue weighted by Crippen LogP contribution is 2.20. The molecule has 0 bridgehead atoms. The van der Waals surface area contributed by atoms with Crippen molar-refractivity contribution in [3.8, 4) is 0 Å². The molecule has 1 N–H and O–H groups in total. The molecule has 0 spiro atoms. The van der Waals surface area contributed by atoms with Gasteiger partial charge in [-0.1, -0.05) is 0 Å². The average molecular weight is 255 g/mol. The number of methoxy groups -OCH3 is 1. The molecule has 1 heterocycles. The lowest BCUT2D eigenvalue weighted by Crippen LogP contribution is -2.12. The van der Waals surface area contributed by atoms with E-state index in [1.807, 2.05) is 0 Å². The van der Waals surface area contributed by atoms with Crippen molar-refractivity contribution in [1.82, 2.24) is 5.32 Å². The lowest BCUT2D eigenvalue weighted by molar-refractivity contribution is 0.0965. The molecule has 0 aliphatic carbocycles. The third-order valence-electron chi connectivity index (χ3n) is 2.68. The third-order valence-corrected chi connectivity index (χ3v) is 4.35. The Labute approximate surface area is 99.7 Å². The van der Waals surface area contributed by atoms with Gasteiger partial charge in [-0.3, -0.25) is 4.79 Å². The molecular weight excluding hydrogens is 242 g/mol. The molecule has 1 aromatic rings. The van der Waals surface area contributed by atoms with Crippen molar-refractivity contribution in [3.05, 3.63) is 29.3 Å². The van der Waals surface area contributed by atoms with Crippen molar-refractivity contribution in [3.63, 3.8) is 0 Å². The van der Waals surface area contributed by atoms with Crippen LogP contribution in [0.25, 0.3) is 0 Å². The van der Waals surface area contributed by atoms with E-state index in [0.717, 1.165) is 5.56 Å². The fraction of sp³-hybridized carbons (Fsp3) is 0.364. The molecule has 1 aliphatic heterocycles. The summed E-state index contributed by atoms with van der Waals surface area (Å²) < 4.78 is 28.5. The van der Waals surface area contributed by atoms with Crippen LogP contribution in [0.5, 0.6) is 0 Å². The van der Waals surface area contributed by atoms with Crippen molar-refractivity contribution < 1.29 is 17.9 Å². The van der Waals surface area contributed by atoms with Crippen LogP contribution in [0.3, 0.4) is 0 Å². The van der Waals surface area contributed by atoms with Gasteiger partial charge in [0.15, 0.2) is 9.84 Å². The zero-order valence-corrected chi connectivity index (χ0v) is 10.2. The number of hydrogen-bond acceptors (Lipinski definition) is 4. The summed E-state index contributed by atoms with van der Waals surface area (Å²) in [5.74, 6) is -0.204. The van der Waals surface area contributed by atoms with Gasteiger partial charge in [-0.25, -0.2) is 8.42 Å². The molecule has 0 atom stereocenters. The second-order valence-electron chi connectivity index (χ2n) is 3.81. The van der Waals surface area contributed by atoms with E-state index in [4.69, 9.17) is 4.74 Å². The first-order chi connectivity index (χ1) is 8.04. The Morgan fingerprint density at radius 2 is 2.18 bits per heavy atom. The zero-order valence-electron chi connectivity index (χ0n) is 9.39. The van der Waals surface area contributed by atoms with Gasteiger partial charge in [-0.15, -0.1) is 0 Å². The van der Waals surface area contributed by atoms with E-state index in [-0.39, 0.29) is 23.2 Å². The van der Waals surface area contributed by atoms with Crippen LogP contribution in [0.2, 0.25) is 0 Å². The molecule has 0 radical (unpaired) electrons. The minimum Gasteiger partial charge on any atom is -0.384 e. The molecule has 0 fully saturated rings. The van der Waals surface area contributed by atoms with Gasteiger partial charge in [0.05, 0.1) is 17.3 Å². The van der Waals surface area contributed by atoms with Crippen LogP contribution in [0, 0.1) is 0 Å². The Balaban J connectivity index is 2.33. The maximum Gasteiger partial charge on any atom is 0.251 e. The Morgan fingerprint density at radius 3 is 2.88 bits per heavy atom. The van der Waals surface area contributed by atoms with Crippen molar-refractivity contribution in [2.24, 2.45) is 0 Å². The summed E-state index contributed by atoms with van der Waals surface area (Å²) in [6.07, 6.45) is 0. The number of nitrogens with one attached hydrogen (secondary N) is 1. The quantitative estimate of drug-likeness (QED) is 0.842. The van der Waals surface area contributed by atoms with E-state index >= 15 is 0 Å². The number of amides is 1. The lowest BCUT2D eigenvalue weighted by Gasteiger charge is -2.05. The number of carbonyl (C=O) groups excluding carboxylic acids is 1. The highest BCUT2D eigenvalue weighted by molar-refractivity contribution is 7.91. The van der Waals surface area contributed by atoms with Crippen molar-refractivity contribution in [2.45, 2.75) is 11.4 Å². The zero-order chi connectivity index (χ0) is 12.5. The number of hydrogen-bond donors (Lipinski definition) is 1. The second-order valence-corrected chi connectivity index (χ2v) is 5.92. The predicted molar refractivity (Wildman–Crippen MR) is 61.5 cm³/mol. The molecular formula is C11H13NO4S. The molecule has 1 amide bonds. The van der Waals surface area contributed by atoms with Gasteiger partial charge in [0.25, 0.3) is 5.91 Å². The first-order valence-electron chi connectivity index (χ1n) is 5.17. The van der Waals surface area contributed by atoms with Crippen LogP contribution in [-0.2, 0) is 21.1 Å². The fourth-order valence-electron chi connectivity index (χ4n) is 1.71. The molecule has 1 aromatic carbocycles. The summed E-state index contributed by atoms with van der Waals surface area (Å²) in [5.41, 5.74) is 1.28. The standard InChI is InChI=1S/C11H13NO4S/c1-16-4-5-17(14,15)9-2-3-10-8(6-9)7-12-11(10)13/h2-3,6H,4-5,7H2,1H3,(H,12,13). The van der Waals surface area contributed by atoms with Gasteiger partial charge in [0.2, 0.25) is 0 Å². The van der Waals surface area contributed by atoms with Gasteiger partial charge in [0.1, 0.15) is 0 Å². The van der Waals surface area contributed by atoms with E-state index in [1.54, 1.807) is 12.1 Å². The molecule has 6 heteroatoms. The molecule has 5 nitrogen and oxygen atoms in total. The van der Waals surface area contributed by atoms with Gasteiger partial charge in [-0.2, -0.15) is 0 Å². The number of carbonyl (C=O) groups is 1. The van der Waals surface area contributed by atoms with Crippen LogP contribution in [0.1, 0.15) is 15.9 Å². The Bertz CT molecular complexity index is 551. The maximum absolute atomic E-state index is 11.9. The Kier molecular flexibility index (Phi) is 3.17. The topological polar surface area (TPSA) is 72.5 Å². The van der Waals surface area contributed by atoms with Crippen LogP contribution < -0.4 is 5.32 Å². The van der Waals surface area contributed by atoms with Crippen LogP contribution in [0.4, 0.5) is 0 Å². The summed E-state index contributed by atoms with van der Waals surface area (Å²) in [6.45, 7) is 0.554. The number of fused-ring (bicyclic) bond motifs is 1. The van der Waals surface area contributed by atoms with E-state index in [1.165, 1.54) is 13.2 Å². The molecule has 1 aliphatic rings. The summed E-state index contributed by atoms with van der Waals surface area (Å²) >= 11 is 0. The lowest BCUT2D eigenvalue weighted by atomic mass is 10.1. The van der Waals surface area contributed by atoms with Gasteiger partial charge >= 0.3 is 0 Å². The minimum absolute atomic E-state index is 0.0519. The van der Waals surface area contributed by atoms with Crippen LogP contribution in [0.15, 0.2) is 23.1 Å². The Hall–Kier alpha value is -1.40. The number of benzene rings is 1. The highest BCUT2D eigenvalue weighted by atomic mass is 32.2. The largest absolute Gasteiger partial charge is 0.384 e. The van der Waals surface area contributed by atoms with Crippen molar-refractivity contribution in [1.29, 1.82) is 0 Å². The molecule has 0 saturated heterocycles. The van der Waals surface area contributed by atoms with Crippen molar-refractivity contribution >= 4 is 15.7 Å². The first-order valence-corrected chi connectivity index (χ1v) is 6.82. The van der Waals surface area contributed by atoms with E-state index < -0.39 is 9.84 Å². The van der Waals surface area contributed by atoms with E-state index in [9.17, 15) is 13.2 Å². The van der Waals surface area contributed by atoms with Crippen LogP contribution >= 0.6 is 0 Å². The van der Waals surface area contributed by atoms with E-state index in [0.29, 0.717) is 12.1 Å². The summed E-state index contributed by atoms with van der Waals surface area (Å²) in [6, 6.07) is 4.57. The molecule has 17 heavy (non-hydrogen) atoms. The SMILES string of the molecule is COCCS(=O)(=O)c1ccc2c(c1)CNC2=O. The highest BCUT2D eigenvalue weighted by Gasteiger charge is 2.22. The number of ether oxygens (including phenoxy) is 1. The predicted octanol–water partition coefficient (Wildman–Crippen LogP) is 0.350. The van der Waals surface area contributed by atoms with Gasteiger partial charge < -0.3 is 10.1 Å². The molecule has 2 rings (SSSR count). The maximum atomic E-state index is 11.9.